The number of ether oxygens (including phenoxy) is 5. The first kappa shape index (κ1) is 29.0. The Morgan fingerprint density at radius 3 is 1.68 bits per heavy atom. The zero-order chi connectivity index (χ0) is 28.3. The number of pyridine rings is 1. The van der Waals surface area contributed by atoms with Gasteiger partial charge in [-0.2, -0.15) is 0 Å². The Bertz CT molecular complexity index is 1330. The summed E-state index contributed by atoms with van der Waals surface area (Å²) >= 11 is 0.895. The van der Waals surface area contributed by atoms with Gasteiger partial charge in [0.15, 0.2) is 0 Å². The number of hydrogen-bond acceptors (Lipinski definition) is 8. The number of hydrogen-bond donors (Lipinski definition) is 0. The molecule has 0 bridgehead atoms. The van der Waals surface area contributed by atoms with Crippen LogP contribution in [0.2, 0.25) is 0 Å². The van der Waals surface area contributed by atoms with E-state index in [0.717, 1.165) is 28.5 Å². The van der Waals surface area contributed by atoms with Crippen molar-refractivity contribution in [2.45, 2.75) is 62.5 Å². The SMILES string of the molecule is C[C@@H]1O[C@H](OC(=O)Sc2ccccn2)[C@@H](OCc2ccccc2)[C@H](OCc2ccccc2)[C@@H]1OCc1ccccc1. The summed E-state index contributed by atoms with van der Waals surface area (Å²) in [6, 6.07) is 35.0. The van der Waals surface area contributed by atoms with E-state index in [1.165, 1.54) is 0 Å². The third-order valence-electron chi connectivity index (χ3n) is 6.62. The molecule has 1 aliphatic heterocycles. The summed E-state index contributed by atoms with van der Waals surface area (Å²) in [5, 5.41) is -0.0104. The summed E-state index contributed by atoms with van der Waals surface area (Å²) < 4.78 is 31.5. The molecular formula is C33H33NO6S. The van der Waals surface area contributed by atoms with Crippen molar-refractivity contribution in [2.24, 2.45) is 0 Å². The van der Waals surface area contributed by atoms with E-state index in [-0.39, 0.29) is 6.61 Å². The van der Waals surface area contributed by atoms with Crippen LogP contribution in [0.3, 0.4) is 0 Å². The Hall–Kier alpha value is -3.53. The third-order valence-corrected chi connectivity index (χ3v) is 7.33. The molecule has 0 N–H and O–H groups in total. The van der Waals surface area contributed by atoms with Gasteiger partial charge in [0.1, 0.15) is 23.3 Å². The maximum absolute atomic E-state index is 13.0. The van der Waals surface area contributed by atoms with Gasteiger partial charge in [-0.15, -0.1) is 0 Å². The molecule has 1 saturated heterocycles. The van der Waals surface area contributed by atoms with E-state index in [2.05, 4.69) is 4.98 Å². The summed E-state index contributed by atoms with van der Waals surface area (Å²) in [5.41, 5.74) is 3.01. The second-order valence-electron chi connectivity index (χ2n) is 9.63. The molecule has 212 valence electrons. The van der Waals surface area contributed by atoms with Gasteiger partial charge in [-0.05, 0) is 35.7 Å². The minimum Gasteiger partial charge on any atom is -0.424 e. The number of aromatic nitrogens is 1. The van der Waals surface area contributed by atoms with Crippen LogP contribution in [0.1, 0.15) is 23.6 Å². The van der Waals surface area contributed by atoms with Crippen molar-refractivity contribution in [3.8, 4) is 0 Å². The minimum atomic E-state index is -1.02. The molecule has 0 unspecified atom stereocenters. The predicted molar refractivity (Wildman–Crippen MR) is 156 cm³/mol. The van der Waals surface area contributed by atoms with Crippen LogP contribution in [0.25, 0.3) is 0 Å². The van der Waals surface area contributed by atoms with Crippen molar-refractivity contribution in [1.29, 1.82) is 0 Å². The molecule has 7 nitrogen and oxygen atoms in total. The number of rotatable bonds is 11. The molecule has 0 aliphatic carbocycles. The van der Waals surface area contributed by atoms with Crippen LogP contribution < -0.4 is 0 Å². The molecule has 0 saturated carbocycles. The summed E-state index contributed by atoms with van der Waals surface area (Å²) in [5.74, 6) is 0. The predicted octanol–water partition coefficient (Wildman–Crippen LogP) is 6.81. The zero-order valence-corrected chi connectivity index (χ0v) is 23.6. The molecule has 8 heteroatoms. The van der Waals surface area contributed by atoms with Gasteiger partial charge in [0, 0.05) is 18.0 Å². The monoisotopic (exact) mass is 571 g/mol. The highest BCUT2D eigenvalue weighted by atomic mass is 32.2. The average molecular weight is 572 g/mol. The Morgan fingerprint density at radius 2 is 1.17 bits per heavy atom. The Balaban J connectivity index is 1.39. The summed E-state index contributed by atoms with van der Waals surface area (Å²) in [6.07, 6.45) is -1.68. The van der Waals surface area contributed by atoms with Crippen LogP contribution in [-0.2, 0) is 43.5 Å². The van der Waals surface area contributed by atoms with Gasteiger partial charge < -0.3 is 23.7 Å². The van der Waals surface area contributed by atoms with Gasteiger partial charge in [0.2, 0.25) is 6.29 Å². The highest BCUT2D eigenvalue weighted by Gasteiger charge is 2.48. The molecular weight excluding hydrogens is 538 g/mol. The largest absolute Gasteiger partial charge is 0.424 e. The van der Waals surface area contributed by atoms with E-state index in [9.17, 15) is 4.79 Å². The van der Waals surface area contributed by atoms with Crippen LogP contribution >= 0.6 is 11.8 Å². The maximum atomic E-state index is 13.0. The molecule has 41 heavy (non-hydrogen) atoms. The first-order valence-corrected chi connectivity index (χ1v) is 14.4. The number of thioether (sulfide) groups is 1. The van der Waals surface area contributed by atoms with E-state index < -0.39 is 36.0 Å². The first-order valence-electron chi connectivity index (χ1n) is 13.6. The Labute approximate surface area is 244 Å². The van der Waals surface area contributed by atoms with Crippen molar-refractivity contribution in [3.63, 3.8) is 0 Å². The third kappa shape index (κ3) is 8.48. The summed E-state index contributed by atoms with van der Waals surface area (Å²) in [7, 11) is 0. The second-order valence-corrected chi connectivity index (χ2v) is 10.6. The van der Waals surface area contributed by atoms with Crippen molar-refractivity contribution >= 4 is 17.1 Å². The van der Waals surface area contributed by atoms with Crippen molar-refractivity contribution in [3.05, 3.63) is 132 Å². The second kappa shape index (κ2) is 14.9. The standard InChI is InChI=1S/C33H33NO6S/c1-24-29(36-21-25-13-5-2-6-14-25)30(37-22-26-15-7-3-8-16-26)31(38-23-27-17-9-4-10-18-27)32(39-24)40-33(35)41-28-19-11-12-20-34-28/h2-20,24,29-32H,21-23H2,1H3/t24-,29+,30+,31-,32+/m0/s1. The fourth-order valence-electron chi connectivity index (χ4n) is 4.58. The fourth-order valence-corrected chi connectivity index (χ4v) is 5.15. The highest BCUT2D eigenvalue weighted by molar-refractivity contribution is 8.13. The lowest BCUT2D eigenvalue weighted by Crippen LogP contribution is -2.60. The van der Waals surface area contributed by atoms with Crippen LogP contribution in [0, 0.1) is 0 Å². The first-order chi connectivity index (χ1) is 20.2. The summed E-state index contributed by atoms with van der Waals surface area (Å²) in [4.78, 5) is 17.2. The molecule has 1 aromatic heterocycles. The minimum absolute atomic E-state index is 0.279. The number of carbonyl (C=O) groups excluding carboxylic acids is 1. The zero-order valence-electron chi connectivity index (χ0n) is 22.8. The Morgan fingerprint density at radius 1 is 0.683 bits per heavy atom. The van der Waals surface area contributed by atoms with Gasteiger partial charge in [-0.3, -0.25) is 0 Å². The fraction of sp³-hybridized carbons (Fsp3) is 0.273. The Kier molecular flexibility index (Phi) is 10.5. The quantitative estimate of drug-likeness (QED) is 0.144. The van der Waals surface area contributed by atoms with Crippen molar-refractivity contribution in [2.75, 3.05) is 0 Å². The van der Waals surface area contributed by atoms with Crippen molar-refractivity contribution < 1.29 is 28.5 Å². The van der Waals surface area contributed by atoms with Crippen LogP contribution in [0.15, 0.2) is 120 Å². The molecule has 5 atom stereocenters. The molecule has 0 amide bonds. The van der Waals surface area contributed by atoms with E-state index in [1.54, 1.807) is 18.3 Å². The van der Waals surface area contributed by atoms with Gasteiger partial charge in [0.25, 0.3) is 0 Å². The molecule has 5 rings (SSSR count). The lowest BCUT2D eigenvalue weighted by atomic mass is 9.98. The average Bonchev–Trinajstić information content (AvgIpc) is 3.01. The molecule has 4 aromatic rings. The smallest absolute Gasteiger partial charge is 0.376 e. The van der Waals surface area contributed by atoms with E-state index in [0.29, 0.717) is 18.2 Å². The molecule has 0 radical (unpaired) electrons. The van der Waals surface area contributed by atoms with E-state index in [1.807, 2.05) is 104 Å². The van der Waals surface area contributed by atoms with Crippen LogP contribution in [0.4, 0.5) is 4.79 Å². The van der Waals surface area contributed by atoms with E-state index >= 15 is 0 Å². The number of carbonyl (C=O) groups is 1. The number of benzene rings is 3. The van der Waals surface area contributed by atoms with Crippen LogP contribution in [0.5, 0.6) is 0 Å². The van der Waals surface area contributed by atoms with Gasteiger partial charge >= 0.3 is 5.30 Å². The molecule has 1 fully saturated rings. The molecule has 2 heterocycles. The van der Waals surface area contributed by atoms with Gasteiger partial charge in [0.05, 0.1) is 25.9 Å². The lowest BCUT2D eigenvalue weighted by molar-refractivity contribution is -0.305. The maximum Gasteiger partial charge on any atom is 0.376 e. The number of nitrogens with zero attached hydrogens (tertiary/aromatic N) is 1. The molecule has 1 aliphatic rings. The topological polar surface area (TPSA) is 76.1 Å². The highest BCUT2D eigenvalue weighted by Crippen LogP contribution is 2.32. The summed E-state index contributed by atoms with van der Waals surface area (Å²) in [6.45, 7) is 2.88. The van der Waals surface area contributed by atoms with Gasteiger partial charge in [-0.25, -0.2) is 9.78 Å². The van der Waals surface area contributed by atoms with Crippen LogP contribution in [-0.4, -0.2) is 41.0 Å². The van der Waals surface area contributed by atoms with Crippen molar-refractivity contribution in [1.82, 2.24) is 4.98 Å². The molecule has 0 spiro atoms. The lowest BCUT2D eigenvalue weighted by Gasteiger charge is -2.44. The normalized spacial score (nSPS) is 22.2. The van der Waals surface area contributed by atoms with Gasteiger partial charge in [-0.1, -0.05) is 97.1 Å². The van der Waals surface area contributed by atoms with E-state index in [4.69, 9.17) is 23.7 Å². The molecule has 3 aromatic carbocycles.